The first kappa shape index (κ1) is 14.5. The van der Waals surface area contributed by atoms with Gasteiger partial charge in [-0.05, 0) is 29.8 Å². The Morgan fingerprint density at radius 3 is 2.85 bits per heavy atom. The highest BCUT2D eigenvalue weighted by atomic mass is 19.1. The topological polar surface area (TPSA) is 39.1 Å². The van der Waals surface area contributed by atoms with E-state index in [2.05, 4.69) is 10.4 Å². The monoisotopic (exact) mass is 277 g/mol. The number of ether oxygens (including phenoxy) is 1. The summed E-state index contributed by atoms with van der Waals surface area (Å²) in [6.45, 7) is 4.00. The van der Waals surface area contributed by atoms with Crippen molar-refractivity contribution >= 4 is 0 Å². The van der Waals surface area contributed by atoms with Gasteiger partial charge in [0.25, 0.3) is 0 Å². The summed E-state index contributed by atoms with van der Waals surface area (Å²) < 4.78 is 21.1. The molecule has 0 bridgehead atoms. The predicted octanol–water partition coefficient (Wildman–Crippen LogP) is 2.29. The molecule has 0 unspecified atom stereocenters. The Kier molecular flexibility index (Phi) is 5.12. The van der Waals surface area contributed by atoms with Crippen LogP contribution in [0.4, 0.5) is 4.39 Å². The van der Waals surface area contributed by atoms with Crippen LogP contribution in [-0.2, 0) is 20.0 Å². The van der Waals surface area contributed by atoms with Crippen molar-refractivity contribution in [3.8, 4) is 5.75 Å². The van der Waals surface area contributed by atoms with Crippen LogP contribution in [0.5, 0.6) is 5.75 Å². The van der Waals surface area contributed by atoms with Crippen molar-refractivity contribution in [3.63, 3.8) is 0 Å². The van der Waals surface area contributed by atoms with Crippen LogP contribution in [0.2, 0.25) is 0 Å². The van der Waals surface area contributed by atoms with Gasteiger partial charge in [-0.15, -0.1) is 0 Å². The Labute approximate surface area is 118 Å². The lowest BCUT2D eigenvalue weighted by molar-refractivity contribution is 0.305. The van der Waals surface area contributed by atoms with E-state index >= 15 is 0 Å². The molecule has 2 rings (SSSR count). The molecule has 4 nitrogen and oxygen atoms in total. The maximum absolute atomic E-state index is 13.8. The minimum Gasteiger partial charge on any atom is -0.490 e. The van der Waals surface area contributed by atoms with Crippen LogP contribution in [0.15, 0.2) is 30.6 Å². The summed E-state index contributed by atoms with van der Waals surface area (Å²) >= 11 is 0. The molecule has 0 aliphatic carbocycles. The molecule has 0 atom stereocenters. The number of benzene rings is 1. The van der Waals surface area contributed by atoms with E-state index in [-0.39, 0.29) is 5.82 Å². The first-order valence-electron chi connectivity index (χ1n) is 6.78. The first-order chi connectivity index (χ1) is 9.69. The van der Waals surface area contributed by atoms with Gasteiger partial charge in [0.15, 0.2) is 11.6 Å². The lowest BCUT2D eigenvalue weighted by atomic mass is 10.2. The van der Waals surface area contributed by atoms with Gasteiger partial charge in [0.2, 0.25) is 0 Å². The molecule has 5 heteroatoms. The number of rotatable bonds is 7. The van der Waals surface area contributed by atoms with Crippen LogP contribution < -0.4 is 10.1 Å². The second-order valence-electron chi connectivity index (χ2n) is 4.67. The lowest BCUT2D eigenvalue weighted by Gasteiger charge is -2.08. The molecule has 0 radical (unpaired) electrons. The number of aromatic nitrogens is 2. The second kappa shape index (κ2) is 7.05. The third-order valence-electron chi connectivity index (χ3n) is 2.98. The number of aryl methyl sites for hydroxylation is 1. The molecule has 1 heterocycles. The molecule has 1 aromatic carbocycles. The minimum atomic E-state index is -0.313. The molecule has 0 aliphatic rings. The fourth-order valence-electron chi connectivity index (χ4n) is 1.92. The number of nitrogens with one attached hydrogen (secondary N) is 1. The average Bonchev–Trinajstić information content (AvgIpc) is 2.84. The predicted molar refractivity (Wildman–Crippen MR) is 76.2 cm³/mol. The molecular formula is C15H20FN3O. The van der Waals surface area contributed by atoms with Crippen molar-refractivity contribution in [2.24, 2.45) is 7.05 Å². The number of hydrogen-bond acceptors (Lipinski definition) is 3. The van der Waals surface area contributed by atoms with E-state index in [1.807, 2.05) is 26.2 Å². The Balaban J connectivity index is 1.86. The molecule has 2 aromatic rings. The van der Waals surface area contributed by atoms with Gasteiger partial charge in [-0.2, -0.15) is 5.10 Å². The fourth-order valence-corrected chi connectivity index (χ4v) is 1.92. The third-order valence-corrected chi connectivity index (χ3v) is 2.98. The molecule has 0 saturated carbocycles. The highest BCUT2D eigenvalue weighted by Crippen LogP contribution is 2.18. The molecule has 1 aromatic heterocycles. The van der Waals surface area contributed by atoms with Gasteiger partial charge in [0.05, 0.1) is 12.8 Å². The highest BCUT2D eigenvalue weighted by Gasteiger charge is 2.05. The van der Waals surface area contributed by atoms with E-state index in [1.165, 1.54) is 6.07 Å². The van der Waals surface area contributed by atoms with Gasteiger partial charge >= 0.3 is 0 Å². The van der Waals surface area contributed by atoms with Crippen molar-refractivity contribution in [1.29, 1.82) is 0 Å². The Morgan fingerprint density at radius 1 is 1.35 bits per heavy atom. The molecule has 20 heavy (non-hydrogen) atoms. The van der Waals surface area contributed by atoms with Gasteiger partial charge in [-0.25, -0.2) is 4.39 Å². The summed E-state index contributed by atoms with van der Waals surface area (Å²) in [7, 11) is 1.87. The summed E-state index contributed by atoms with van der Waals surface area (Å²) in [6.07, 6.45) is 4.44. The smallest absolute Gasteiger partial charge is 0.165 e. The van der Waals surface area contributed by atoms with Gasteiger partial charge < -0.3 is 10.1 Å². The van der Waals surface area contributed by atoms with E-state index in [0.717, 1.165) is 17.7 Å². The number of halogens is 1. The summed E-state index contributed by atoms with van der Waals surface area (Å²) in [5.74, 6) is -0.0132. The van der Waals surface area contributed by atoms with Crippen molar-refractivity contribution in [1.82, 2.24) is 15.1 Å². The van der Waals surface area contributed by atoms with Crippen LogP contribution in [0.1, 0.15) is 18.1 Å². The molecular weight excluding hydrogens is 257 g/mol. The van der Waals surface area contributed by atoms with Crippen molar-refractivity contribution in [2.75, 3.05) is 13.2 Å². The van der Waals surface area contributed by atoms with Crippen LogP contribution in [0.3, 0.4) is 0 Å². The van der Waals surface area contributed by atoms with Crippen molar-refractivity contribution in [3.05, 3.63) is 47.5 Å². The summed E-state index contributed by atoms with van der Waals surface area (Å²) in [4.78, 5) is 0. The van der Waals surface area contributed by atoms with Crippen LogP contribution in [-0.4, -0.2) is 22.9 Å². The lowest BCUT2D eigenvalue weighted by Crippen LogP contribution is -2.12. The Hall–Kier alpha value is -1.88. The van der Waals surface area contributed by atoms with Gasteiger partial charge in [0, 0.05) is 26.2 Å². The van der Waals surface area contributed by atoms with Crippen molar-refractivity contribution in [2.45, 2.75) is 19.9 Å². The van der Waals surface area contributed by atoms with Crippen LogP contribution >= 0.6 is 0 Å². The quantitative estimate of drug-likeness (QED) is 0.844. The normalized spacial score (nSPS) is 10.8. The second-order valence-corrected chi connectivity index (χ2v) is 4.67. The summed E-state index contributed by atoms with van der Waals surface area (Å²) in [5.41, 5.74) is 2.00. The summed E-state index contributed by atoms with van der Waals surface area (Å²) in [5, 5.41) is 7.24. The third kappa shape index (κ3) is 4.06. The zero-order valence-corrected chi connectivity index (χ0v) is 11.9. The van der Waals surface area contributed by atoms with Crippen molar-refractivity contribution < 1.29 is 9.13 Å². The molecule has 0 aliphatic heterocycles. The van der Waals surface area contributed by atoms with E-state index in [9.17, 15) is 4.39 Å². The average molecular weight is 277 g/mol. The number of hydrogen-bond donors (Lipinski definition) is 1. The molecule has 0 spiro atoms. The first-order valence-corrected chi connectivity index (χ1v) is 6.78. The maximum Gasteiger partial charge on any atom is 0.165 e. The van der Waals surface area contributed by atoms with Gasteiger partial charge in [0.1, 0.15) is 0 Å². The fraction of sp³-hybridized carbons (Fsp3) is 0.400. The Bertz CT molecular complexity index is 554. The maximum atomic E-state index is 13.8. The van der Waals surface area contributed by atoms with E-state index < -0.39 is 0 Å². The minimum absolute atomic E-state index is 0.300. The zero-order chi connectivity index (χ0) is 14.4. The van der Waals surface area contributed by atoms with Crippen LogP contribution in [0, 0.1) is 5.82 Å². The highest BCUT2D eigenvalue weighted by molar-refractivity contribution is 5.29. The van der Waals surface area contributed by atoms with Gasteiger partial charge in [-0.3, -0.25) is 4.68 Å². The Morgan fingerprint density at radius 2 is 2.20 bits per heavy atom. The largest absolute Gasteiger partial charge is 0.490 e. The van der Waals surface area contributed by atoms with E-state index in [0.29, 0.717) is 25.3 Å². The summed E-state index contributed by atoms with van der Waals surface area (Å²) in [6, 6.07) is 5.08. The standard InChI is InChI=1S/C15H20FN3O/c1-3-17-9-12-4-5-15(14(16)8-12)20-7-6-13-10-18-19(2)11-13/h4-5,8,10-11,17H,3,6-7,9H2,1-2H3. The zero-order valence-electron chi connectivity index (χ0n) is 11.9. The SMILES string of the molecule is CCNCc1ccc(OCCc2cnn(C)c2)c(F)c1. The molecule has 108 valence electrons. The molecule has 0 amide bonds. The van der Waals surface area contributed by atoms with E-state index in [1.54, 1.807) is 16.9 Å². The van der Waals surface area contributed by atoms with E-state index in [4.69, 9.17) is 4.74 Å². The molecule has 0 fully saturated rings. The number of nitrogens with zero attached hydrogens (tertiary/aromatic N) is 2. The van der Waals surface area contributed by atoms with Crippen LogP contribution in [0.25, 0.3) is 0 Å². The van der Waals surface area contributed by atoms with Gasteiger partial charge in [-0.1, -0.05) is 13.0 Å². The molecule has 0 saturated heterocycles. The molecule has 1 N–H and O–H groups in total.